The van der Waals surface area contributed by atoms with Crippen LogP contribution in [0.3, 0.4) is 0 Å². The molecular formula is C17H22ClN5O2. The second-order valence-corrected chi connectivity index (χ2v) is 6.27. The van der Waals surface area contributed by atoms with E-state index in [2.05, 4.69) is 15.3 Å². The molecule has 2 amide bonds. The Bertz CT molecular complexity index is 788. The predicted octanol–water partition coefficient (Wildman–Crippen LogP) is 1.42. The van der Waals surface area contributed by atoms with Gasteiger partial charge in [-0.1, -0.05) is 17.7 Å². The molecule has 7 nitrogen and oxygen atoms in total. The monoisotopic (exact) mass is 363 g/mol. The number of hydrogen-bond acceptors (Lipinski definition) is 4. The SMILES string of the molecule is CNC=O.Cc1cc(-c2nn3c(c2C(N)=O)CN(C)CC3)ccc1Cl. The smallest absolute Gasteiger partial charge is 0.252 e. The van der Waals surface area contributed by atoms with Gasteiger partial charge in [-0.05, 0) is 31.7 Å². The molecule has 0 unspecified atom stereocenters. The molecule has 0 bridgehead atoms. The van der Waals surface area contributed by atoms with Gasteiger partial charge in [0.1, 0.15) is 5.69 Å². The number of rotatable bonds is 3. The fourth-order valence-corrected chi connectivity index (χ4v) is 2.81. The largest absolute Gasteiger partial charge is 0.365 e. The number of hydrogen-bond donors (Lipinski definition) is 2. The van der Waals surface area contributed by atoms with Crippen LogP contribution in [0.1, 0.15) is 21.6 Å². The van der Waals surface area contributed by atoms with Crippen LogP contribution in [0, 0.1) is 6.92 Å². The first-order valence-corrected chi connectivity index (χ1v) is 8.22. The molecule has 25 heavy (non-hydrogen) atoms. The van der Waals surface area contributed by atoms with Gasteiger partial charge in [-0.2, -0.15) is 5.10 Å². The van der Waals surface area contributed by atoms with Gasteiger partial charge in [0.15, 0.2) is 0 Å². The standard InChI is InChI=1S/C15H17ClN4O.C2H5NO/c1-9-7-10(3-4-11(9)16)14-13(15(17)21)12-8-19(2)5-6-20(12)18-14;1-3-2-4/h3-4,7H,5-6,8H2,1-2H3,(H2,17,21);2H,1H3,(H,3,4). The number of amides is 2. The van der Waals surface area contributed by atoms with Gasteiger partial charge in [0.05, 0.1) is 17.8 Å². The molecule has 0 spiro atoms. The van der Waals surface area contributed by atoms with Gasteiger partial charge in [-0.3, -0.25) is 19.2 Å². The maximum Gasteiger partial charge on any atom is 0.252 e. The summed E-state index contributed by atoms with van der Waals surface area (Å²) >= 11 is 6.07. The molecule has 8 heteroatoms. The van der Waals surface area contributed by atoms with Gasteiger partial charge in [-0.25, -0.2) is 0 Å². The number of nitrogens with one attached hydrogen (secondary N) is 1. The van der Waals surface area contributed by atoms with Crippen molar-refractivity contribution in [3.05, 3.63) is 40.0 Å². The second kappa shape index (κ2) is 8.13. The molecule has 0 saturated heterocycles. The average Bonchev–Trinajstić information content (AvgIpc) is 2.96. The zero-order chi connectivity index (χ0) is 18.6. The molecule has 1 aromatic carbocycles. The number of aryl methyl sites for hydroxylation is 1. The highest BCUT2D eigenvalue weighted by atomic mass is 35.5. The minimum Gasteiger partial charge on any atom is -0.365 e. The van der Waals surface area contributed by atoms with Gasteiger partial charge < -0.3 is 11.1 Å². The summed E-state index contributed by atoms with van der Waals surface area (Å²) in [5.74, 6) is -0.436. The Morgan fingerprint density at radius 3 is 2.64 bits per heavy atom. The number of carbonyl (C=O) groups excluding carboxylic acids is 2. The number of halogens is 1. The fraction of sp³-hybridized carbons (Fsp3) is 0.353. The number of benzene rings is 1. The van der Waals surface area contributed by atoms with Crippen LogP contribution >= 0.6 is 11.6 Å². The van der Waals surface area contributed by atoms with Crippen molar-refractivity contribution < 1.29 is 9.59 Å². The molecular weight excluding hydrogens is 342 g/mol. The Hall–Kier alpha value is -2.38. The third-order valence-corrected chi connectivity index (χ3v) is 4.39. The summed E-state index contributed by atoms with van der Waals surface area (Å²) in [6, 6.07) is 5.63. The first-order chi connectivity index (χ1) is 11.9. The lowest BCUT2D eigenvalue weighted by Crippen LogP contribution is -2.32. The summed E-state index contributed by atoms with van der Waals surface area (Å²) in [7, 11) is 3.58. The molecule has 0 fully saturated rings. The molecule has 3 N–H and O–H groups in total. The highest BCUT2D eigenvalue weighted by Gasteiger charge is 2.26. The van der Waals surface area contributed by atoms with Gasteiger partial charge in [0, 0.05) is 30.7 Å². The lowest BCUT2D eigenvalue weighted by molar-refractivity contribution is -0.109. The Balaban J connectivity index is 0.000000511. The summed E-state index contributed by atoms with van der Waals surface area (Å²) in [4.78, 5) is 23.1. The third-order valence-electron chi connectivity index (χ3n) is 3.97. The molecule has 0 aliphatic carbocycles. The zero-order valence-electron chi connectivity index (χ0n) is 14.5. The average molecular weight is 364 g/mol. The quantitative estimate of drug-likeness (QED) is 0.806. The molecule has 134 valence electrons. The lowest BCUT2D eigenvalue weighted by atomic mass is 10.0. The molecule has 1 aliphatic heterocycles. The lowest BCUT2D eigenvalue weighted by Gasteiger charge is -2.23. The van der Waals surface area contributed by atoms with Crippen molar-refractivity contribution in [2.24, 2.45) is 5.73 Å². The molecule has 0 radical (unpaired) electrons. The Kier molecular flexibility index (Phi) is 6.17. The van der Waals surface area contributed by atoms with Crippen molar-refractivity contribution in [1.82, 2.24) is 20.0 Å². The van der Waals surface area contributed by atoms with Crippen LogP contribution in [-0.2, 0) is 17.9 Å². The minimum absolute atomic E-state index is 0.436. The summed E-state index contributed by atoms with van der Waals surface area (Å²) in [6.45, 7) is 4.28. The van der Waals surface area contributed by atoms with Crippen molar-refractivity contribution in [3.63, 3.8) is 0 Å². The Morgan fingerprint density at radius 2 is 2.08 bits per heavy atom. The summed E-state index contributed by atoms with van der Waals surface area (Å²) in [5.41, 5.74) is 9.47. The van der Waals surface area contributed by atoms with Crippen molar-refractivity contribution in [3.8, 4) is 11.3 Å². The first-order valence-electron chi connectivity index (χ1n) is 7.84. The highest BCUT2D eigenvalue weighted by Crippen LogP contribution is 2.30. The Labute approximate surface area is 151 Å². The van der Waals surface area contributed by atoms with E-state index in [-0.39, 0.29) is 0 Å². The molecule has 1 aromatic heterocycles. The van der Waals surface area contributed by atoms with Crippen LogP contribution < -0.4 is 11.1 Å². The van der Waals surface area contributed by atoms with Crippen LogP contribution in [-0.4, -0.2) is 47.6 Å². The summed E-state index contributed by atoms with van der Waals surface area (Å²) < 4.78 is 1.89. The van der Waals surface area contributed by atoms with E-state index in [0.29, 0.717) is 29.2 Å². The summed E-state index contributed by atoms with van der Waals surface area (Å²) in [5, 5.41) is 7.54. The van der Waals surface area contributed by atoms with Crippen molar-refractivity contribution in [1.29, 1.82) is 0 Å². The van der Waals surface area contributed by atoms with Crippen LogP contribution in [0.5, 0.6) is 0 Å². The van der Waals surface area contributed by atoms with E-state index in [9.17, 15) is 4.79 Å². The van der Waals surface area contributed by atoms with E-state index in [1.165, 1.54) is 0 Å². The van der Waals surface area contributed by atoms with Crippen molar-refractivity contribution in [2.45, 2.75) is 20.0 Å². The number of primary amides is 1. The zero-order valence-corrected chi connectivity index (χ0v) is 15.3. The van der Waals surface area contributed by atoms with Crippen LogP contribution in [0.4, 0.5) is 0 Å². The molecule has 3 rings (SSSR count). The number of carbonyl (C=O) groups is 2. The second-order valence-electron chi connectivity index (χ2n) is 5.87. The van der Waals surface area contributed by atoms with Crippen LogP contribution in [0.25, 0.3) is 11.3 Å². The van der Waals surface area contributed by atoms with Gasteiger partial charge in [0.25, 0.3) is 5.91 Å². The topological polar surface area (TPSA) is 93.2 Å². The molecule has 0 saturated carbocycles. The number of nitrogens with two attached hydrogens (primary N) is 1. The third kappa shape index (κ3) is 4.18. The minimum atomic E-state index is -0.436. The number of nitrogens with zero attached hydrogens (tertiary/aromatic N) is 3. The number of fused-ring (bicyclic) bond motifs is 1. The fourth-order valence-electron chi connectivity index (χ4n) is 2.70. The number of likely N-dealkylation sites (N-methyl/N-ethyl adjacent to an activating group) is 1. The van der Waals surface area contributed by atoms with Gasteiger partial charge >= 0.3 is 0 Å². The van der Waals surface area contributed by atoms with Crippen LogP contribution in [0.2, 0.25) is 5.02 Å². The van der Waals surface area contributed by atoms with E-state index in [4.69, 9.17) is 22.1 Å². The number of aromatic nitrogens is 2. The maximum atomic E-state index is 11.9. The van der Waals surface area contributed by atoms with E-state index in [1.807, 2.05) is 36.9 Å². The van der Waals surface area contributed by atoms with Crippen LogP contribution in [0.15, 0.2) is 18.2 Å². The maximum absolute atomic E-state index is 11.9. The van der Waals surface area contributed by atoms with Crippen molar-refractivity contribution >= 4 is 23.9 Å². The molecule has 2 heterocycles. The Morgan fingerprint density at radius 1 is 1.40 bits per heavy atom. The van der Waals surface area contributed by atoms with E-state index >= 15 is 0 Å². The highest BCUT2D eigenvalue weighted by molar-refractivity contribution is 6.31. The van der Waals surface area contributed by atoms with E-state index in [0.717, 1.165) is 29.9 Å². The summed E-state index contributed by atoms with van der Waals surface area (Å²) in [6.07, 6.45) is 0.625. The molecule has 2 aromatic rings. The first kappa shape index (κ1) is 19.0. The molecule has 0 atom stereocenters. The predicted molar refractivity (Wildman–Crippen MR) is 97.4 cm³/mol. The normalized spacial score (nSPS) is 13.4. The van der Waals surface area contributed by atoms with E-state index < -0.39 is 5.91 Å². The molecule has 1 aliphatic rings. The van der Waals surface area contributed by atoms with Gasteiger partial charge in [0.2, 0.25) is 6.41 Å². The van der Waals surface area contributed by atoms with E-state index in [1.54, 1.807) is 7.05 Å². The van der Waals surface area contributed by atoms with Gasteiger partial charge in [-0.15, -0.1) is 0 Å². The van der Waals surface area contributed by atoms with Crippen molar-refractivity contribution in [2.75, 3.05) is 20.6 Å².